The molecule has 1 amide bonds. The Morgan fingerprint density at radius 3 is 2.29 bits per heavy atom. The topological polar surface area (TPSA) is 29.1 Å². The molecule has 0 bridgehead atoms. The maximum Gasteiger partial charge on any atom is 0.234 e. The average molecular weight is 331 g/mol. The summed E-state index contributed by atoms with van der Waals surface area (Å²) in [6.07, 6.45) is 0.950. The first kappa shape index (κ1) is 18.1. The van der Waals surface area contributed by atoms with Crippen LogP contribution in [0, 0.1) is 11.6 Å². The number of carbonyl (C=O) groups excluding carboxylic acids is 1. The largest absolute Gasteiger partial charge is 0.325 e. The van der Waals surface area contributed by atoms with Gasteiger partial charge in [-0.3, -0.25) is 4.79 Å². The SMILES string of the molecule is CCC(C)c1ccccc1NC(=O)C(C)(C)c1cc(F)cc(F)c1. The summed E-state index contributed by atoms with van der Waals surface area (Å²) >= 11 is 0. The average Bonchev–Trinajstić information content (AvgIpc) is 2.53. The van der Waals surface area contributed by atoms with E-state index in [2.05, 4.69) is 19.2 Å². The van der Waals surface area contributed by atoms with E-state index in [0.717, 1.165) is 23.7 Å². The van der Waals surface area contributed by atoms with Crippen molar-refractivity contribution in [3.05, 3.63) is 65.2 Å². The summed E-state index contributed by atoms with van der Waals surface area (Å²) < 4.78 is 27.0. The fourth-order valence-electron chi connectivity index (χ4n) is 2.58. The van der Waals surface area contributed by atoms with E-state index in [4.69, 9.17) is 0 Å². The van der Waals surface area contributed by atoms with E-state index in [1.165, 1.54) is 12.1 Å². The molecule has 2 aromatic carbocycles. The lowest BCUT2D eigenvalue weighted by Gasteiger charge is -2.26. The summed E-state index contributed by atoms with van der Waals surface area (Å²) in [4.78, 5) is 12.8. The molecule has 24 heavy (non-hydrogen) atoms. The number of para-hydroxylation sites is 1. The molecule has 0 heterocycles. The number of amides is 1. The molecular formula is C20H23F2NO. The molecule has 2 nitrogen and oxygen atoms in total. The third kappa shape index (κ3) is 3.81. The van der Waals surface area contributed by atoms with Gasteiger partial charge < -0.3 is 5.32 Å². The molecule has 0 aromatic heterocycles. The van der Waals surface area contributed by atoms with Crippen LogP contribution in [0.3, 0.4) is 0 Å². The highest BCUT2D eigenvalue weighted by Crippen LogP contribution is 2.30. The van der Waals surface area contributed by atoms with Gasteiger partial charge >= 0.3 is 0 Å². The van der Waals surface area contributed by atoms with E-state index >= 15 is 0 Å². The van der Waals surface area contributed by atoms with Crippen molar-refractivity contribution in [3.63, 3.8) is 0 Å². The van der Waals surface area contributed by atoms with Crippen LogP contribution in [-0.2, 0) is 10.2 Å². The second-order valence-corrected chi connectivity index (χ2v) is 6.63. The number of carbonyl (C=O) groups is 1. The monoisotopic (exact) mass is 331 g/mol. The van der Waals surface area contributed by atoms with Gasteiger partial charge in [0.2, 0.25) is 5.91 Å². The van der Waals surface area contributed by atoms with Crippen LogP contribution in [0.2, 0.25) is 0 Å². The van der Waals surface area contributed by atoms with Crippen LogP contribution in [0.15, 0.2) is 42.5 Å². The molecule has 128 valence electrons. The lowest BCUT2D eigenvalue weighted by Crippen LogP contribution is -2.35. The van der Waals surface area contributed by atoms with Crippen LogP contribution in [-0.4, -0.2) is 5.91 Å². The Kier molecular flexibility index (Phi) is 5.37. The van der Waals surface area contributed by atoms with E-state index in [-0.39, 0.29) is 5.91 Å². The van der Waals surface area contributed by atoms with Gasteiger partial charge in [0, 0.05) is 11.8 Å². The summed E-state index contributed by atoms with van der Waals surface area (Å²) in [6.45, 7) is 7.49. The van der Waals surface area contributed by atoms with Gasteiger partial charge in [0.25, 0.3) is 0 Å². The zero-order valence-corrected chi connectivity index (χ0v) is 14.5. The molecule has 2 rings (SSSR count). The van der Waals surface area contributed by atoms with Gasteiger partial charge in [-0.15, -0.1) is 0 Å². The standard InChI is InChI=1S/C20H23F2NO/c1-5-13(2)17-8-6-7-9-18(17)23-19(24)20(3,4)14-10-15(21)12-16(22)11-14/h6-13H,5H2,1-4H3,(H,23,24). The normalized spacial score (nSPS) is 12.8. The molecule has 4 heteroatoms. The lowest BCUT2D eigenvalue weighted by molar-refractivity contribution is -0.120. The Morgan fingerprint density at radius 1 is 1.12 bits per heavy atom. The molecule has 0 fully saturated rings. The molecular weight excluding hydrogens is 308 g/mol. The number of rotatable bonds is 5. The first-order chi connectivity index (χ1) is 11.3. The molecule has 0 aliphatic rings. The molecule has 1 N–H and O–H groups in total. The second kappa shape index (κ2) is 7.12. The van der Waals surface area contributed by atoms with Gasteiger partial charge in [0.15, 0.2) is 0 Å². The van der Waals surface area contributed by atoms with E-state index in [1.54, 1.807) is 13.8 Å². The van der Waals surface area contributed by atoms with Crippen molar-refractivity contribution < 1.29 is 13.6 Å². The summed E-state index contributed by atoms with van der Waals surface area (Å²) in [5, 5.41) is 2.92. The highest BCUT2D eigenvalue weighted by molar-refractivity contribution is 5.99. The molecule has 0 spiro atoms. The lowest BCUT2D eigenvalue weighted by atomic mass is 9.83. The minimum atomic E-state index is -1.06. The number of nitrogens with one attached hydrogen (secondary N) is 1. The minimum absolute atomic E-state index is 0.302. The van der Waals surface area contributed by atoms with Crippen molar-refractivity contribution in [1.82, 2.24) is 0 Å². The summed E-state index contributed by atoms with van der Waals surface area (Å²) in [5.41, 5.74) is 1.03. The molecule has 2 aromatic rings. The van der Waals surface area contributed by atoms with Crippen molar-refractivity contribution in [2.24, 2.45) is 0 Å². The van der Waals surface area contributed by atoms with E-state index < -0.39 is 17.0 Å². The first-order valence-electron chi connectivity index (χ1n) is 8.12. The predicted molar refractivity (Wildman–Crippen MR) is 93.2 cm³/mol. The Labute approximate surface area is 141 Å². The van der Waals surface area contributed by atoms with E-state index in [9.17, 15) is 13.6 Å². The Balaban J connectivity index is 2.32. The number of anilines is 1. The van der Waals surface area contributed by atoms with Crippen LogP contribution >= 0.6 is 0 Å². The van der Waals surface area contributed by atoms with Crippen LogP contribution in [0.4, 0.5) is 14.5 Å². The quantitative estimate of drug-likeness (QED) is 0.781. The Morgan fingerprint density at radius 2 is 1.71 bits per heavy atom. The Hall–Kier alpha value is -2.23. The van der Waals surface area contributed by atoms with Crippen molar-refractivity contribution in [1.29, 1.82) is 0 Å². The fourth-order valence-corrected chi connectivity index (χ4v) is 2.58. The molecule has 0 aliphatic carbocycles. The van der Waals surface area contributed by atoms with Gasteiger partial charge in [-0.2, -0.15) is 0 Å². The first-order valence-corrected chi connectivity index (χ1v) is 8.12. The summed E-state index contributed by atoms with van der Waals surface area (Å²) in [6, 6.07) is 10.8. The predicted octanol–water partition coefficient (Wildman–Crippen LogP) is 5.39. The molecule has 1 unspecified atom stereocenters. The Bertz CT molecular complexity index is 720. The van der Waals surface area contributed by atoms with Crippen molar-refractivity contribution in [2.75, 3.05) is 5.32 Å². The zero-order valence-electron chi connectivity index (χ0n) is 14.5. The van der Waals surface area contributed by atoms with Crippen LogP contribution in [0.5, 0.6) is 0 Å². The van der Waals surface area contributed by atoms with Crippen LogP contribution in [0.1, 0.15) is 51.2 Å². The van der Waals surface area contributed by atoms with Gasteiger partial charge in [0.05, 0.1) is 5.41 Å². The van der Waals surface area contributed by atoms with Gasteiger partial charge in [0.1, 0.15) is 11.6 Å². The zero-order chi connectivity index (χ0) is 17.9. The molecule has 1 atom stereocenters. The smallest absolute Gasteiger partial charge is 0.234 e. The molecule has 0 saturated carbocycles. The third-order valence-electron chi connectivity index (χ3n) is 4.50. The number of benzene rings is 2. The van der Waals surface area contributed by atoms with Crippen LogP contribution < -0.4 is 5.32 Å². The van der Waals surface area contributed by atoms with Gasteiger partial charge in [-0.1, -0.05) is 32.0 Å². The van der Waals surface area contributed by atoms with E-state index in [1.807, 2.05) is 24.3 Å². The number of hydrogen-bond acceptors (Lipinski definition) is 1. The van der Waals surface area contributed by atoms with Crippen molar-refractivity contribution >= 4 is 11.6 Å². The number of halogens is 2. The molecule has 0 aliphatic heterocycles. The third-order valence-corrected chi connectivity index (χ3v) is 4.50. The highest BCUT2D eigenvalue weighted by atomic mass is 19.1. The fraction of sp³-hybridized carbons (Fsp3) is 0.350. The van der Waals surface area contributed by atoms with Gasteiger partial charge in [-0.05, 0) is 55.5 Å². The van der Waals surface area contributed by atoms with Crippen molar-refractivity contribution in [3.8, 4) is 0 Å². The summed E-state index contributed by atoms with van der Waals surface area (Å²) in [5.74, 6) is -1.38. The molecule has 0 radical (unpaired) electrons. The molecule has 0 saturated heterocycles. The van der Waals surface area contributed by atoms with E-state index in [0.29, 0.717) is 11.5 Å². The second-order valence-electron chi connectivity index (χ2n) is 6.63. The number of hydrogen-bond donors (Lipinski definition) is 1. The van der Waals surface area contributed by atoms with Crippen LogP contribution in [0.25, 0.3) is 0 Å². The maximum absolute atomic E-state index is 13.5. The minimum Gasteiger partial charge on any atom is -0.325 e. The van der Waals surface area contributed by atoms with Gasteiger partial charge in [-0.25, -0.2) is 8.78 Å². The summed E-state index contributed by atoms with van der Waals surface area (Å²) in [7, 11) is 0. The van der Waals surface area contributed by atoms with Crippen molar-refractivity contribution in [2.45, 2.75) is 45.4 Å². The highest BCUT2D eigenvalue weighted by Gasteiger charge is 2.31. The maximum atomic E-state index is 13.5.